The molecule has 1 atom stereocenters. The molecule has 0 bridgehead atoms. The van der Waals surface area contributed by atoms with E-state index in [0.717, 1.165) is 16.7 Å². The lowest BCUT2D eigenvalue weighted by Crippen LogP contribution is -2.52. The molecule has 0 amide bonds. The van der Waals surface area contributed by atoms with Gasteiger partial charge in [-0.2, -0.15) is 18.3 Å². The lowest BCUT2D eigenvalue weighted by Gasteiger charge is -2.38. The second-order valence-electron chi connectivity index (χ2n) is 7.94. The van der Waals surface area contributed by atoms with E-state index in [2.05, 4.69) is 10.00 Å². The molecule has 2 aromatic rings. The van der Waals surface area contributed by atoms with E-state index in [1.165, 1.54) is 6.92 Å². The van der Waals surface area contributed by atoms with Crippen LogP contribution in [-0.2, 0) is 17.5 Å². The first-order valence-electron chi connectivity index (χ1n) is 10.2. The van der Waals surface area contributed by atoms with E-state index in [-0.39, 0.29) is 18.3 Å². The molecule has 1 saturated heterocycles. The molecular weight excluding hydrogens is 468 g/mol. The largest absolute Gasteiger partial charge is 0.489 e. The number of rotatable bonds is 7. The Labute approximate surface area is 194 Å². The van der Waals surface area contributed by atoms with Gasteiger partial charge in [0, 0.05) is 37.9 Å². The summed E-state index contributed by atoms with van der Waals surface area (Å²) in [5.41, 5.74) is 0.00786. The van der Waals surface area contributed by atoms with Crippen molar-refractivity contribution in [2.24, 2.45) is 0 Å². The van der Waals surface area contributed by atoms with E-state index in [0.29, 0.717) is 37.0 Å². The van der Waals surface area contributed by atoms with Crippen LogP contribution in [0.2, 0.25) is 10.0 Å². The summed E-state index contributed by atoms with van der Waals surface area (Å²) in [4.78, 5) is 15.9. The number of aromatic nitrogens is 2. The molecule has 1 aliphatic rings. The van der Waals surface area contributed by atoms with Gasteiger partial charge in [-0.1, -0.05) is 23.2 Å². The standard InChI is InChI=1S/C21H25Cl2F3N4O2/c1-13(2)32-18-10-15(4-5-17(18)22)28-6-8-29(9-7-28)16(12-31)11-30-14(3)19(23)20(27-30)21(24,25)26/h4-5,10,12-13,16H,6-9,11H2,1-3H3. The molecule has 6 nitrogen and oxygen atoms in total. The minimum atomic E-state index is -4.65. The Kier molecular flexibility index (Phi) is 7.62. The molecule has 32 heavy (non-hydrogen) atoms. The average molecular weight is 493 g/mol. The molecule has 1 fully saturated rings. The van der Waals surface area contributed by atoms with Gasteiger partial charge in [0.2, 0.25) is 0 Å². The molecule has 0 N–H and O–H groups in total. The summed E-state index contributed by atoms with van der Waals surface area (Å²) in [7, 11) is 0. The Morgan fingerprint density at radius 3 is 2.38 bits per heavy atom. The van der Waals surface area contributed by atoms with Crippen LogP contribution in [0.3, 0.4) is 0 Å². The predicted octanol–water partition coefficient (Wildman–Crippen LogP) is 4.69. The lowest BCUT2D eigenvalue weighted by molar-refractivity contribution is -0.141. The molecular formula is C21H25Cl2F3N4O2. The van der Waals surface area contributed by atoms with Crippen LogP contribution in [-0.4, -0.2) is 59.3 Å². The molecule has 0 saturated carbocycles. The Bertz CT molecular complexity index is 957. The molecule has 0 aliphatic carbocycles. The number of piperazine rings is 1. The quantitative estimate of drug-likeness (QED) is 0.524. The van der Waals surface area contributed by atoms with Gasteiger partial charge in [-0.3, -0.25) is 9.58 Å². The SMILES string of the molecule is Cc1c(Cl)c(C(F)(F)F)nn1CC(C=O)N1CCN(c2ccc(Cl)c(OC(C)C)c2)CC1. The third-order valence-corrected chi connectivity index (χ3v) is 6.11. The van der Waals surface area contributed by atoms with Crippen molar-refractivity contribution in [3.63, 3.8) is 0 Å². The molecule has 1 aromatic carbocycles. The number of ether oxygens (including phenoxy) is 1. The van der Waals surface area contributed by atoms with Crippen molar-refractivity contribution in [1.82, 2.24) is 14.7 Å². The number of alkyl halides is 3. The number of nitrogens with zero attached hydrogens (tertiary/aromatic N) is 4. The molecule has 2 heterocycles. The van der Waals surface area contributed by atoms with Crippen LogP contribution >= 0.6 is 23.2 Å². The third kappa shape index (κ3) is 5.50. The summed E-state index contributed by atoms with van der Waals surface area (Å²) in [6.07, 6.45) is -3.91. The Balaban J connectivity index is 1.67. The Morgan fingerprint density at radius 1 is 1.19 bits per heavy atom. The number of anilines is 1. The molecule has 3 rings (SSSR count). The molecule has 1 aliphatic heterocycles. The highest BCUT2D eigenvalue weighted by Crippen LogP contribution is 2.35. The summed E-state index contributed by atoms with van der Waals surface area (Å²) in [6.45, 7) is 7.71. The van der Waals surface area contributed by atoms with E-state index in [1.807, 2.05) is 30.9 Å². The van der Waals surface area contributed by atoms with Crippen LogP contribution < -0.4 is 9.64 Å². The van der Waals surface area contributed by atoms with E-state index in [1.54, 1.807) is 6.07 Å². The fraction of sp³-hybridized carbons (Fsp3) is 0.524. The van der Waals surface area contributed by atoms with E-state index in [4.69, 9.17) is 27.9 Å². The van der Waals surface area contributed by atoms with Crippen molar-refractivity contribution >= 4 is 35.2 Å². The smallest absolute Gasteiger partial charge is 0.436 e. The van der Waals surface area contributed by atoms with Gasteiger partial charge in [0.05, 0.1) is 34.4 Å². The van der Waals surface area contributed by atoms with Crippen molar-refractivity contribution in [3.05, 3.63) is 39.6 Å². The summed E-state index contributed by atoms with van der Waals surface area (Å²) >= 11 is 12.0. The maximum absolute atomic E-state index is 13.1. The predicted molar refractivity (Wildman–Crippen MR) is 118 cm³/mol. The molecule has 11 heteroatoms. The van der Waals surface area contributed by atoms with Crippen LogP contribution in [0, 0.1) is 6.92 Å². The van der Waals surface area contributed by atoms with Crippen molar-refractivity contribution in [3.8, 4) is 5.75 Å². The first-order chi connectivity index (χ1) is 15.0. The fourth-order valence-electron chi connectivity index (χ4n) is 3.65. The van der Waals surface area contributed by atoms with E-state index < -0.39 is 22.9 Å². The van der Waals surface area contributed by atoms with Gasteiger partial charge in [-0.25, -0.2) is 0 Å². The number of hydrogen-bond donors (Lipinski definition) is 0. The summed E-state index contributed by atoms with van der Waals surface area (Å²) < 4.78 is 46.1. The maximum Gasteiger partial charge on any atom is 0.436 e. The van der Waals surface area contributed by atoms with E-state index >= 15 is 0 Å². The summed E-state index contributed by atoms with van der Waals surface area (Å²) in [5, 5.41) is 3.70. The number of benzene rings is 1. The lowest BCUT2D eigenvalue weighted by atomic mass is 10.2. The van der Waals surface area contributed by atoms with Gasteiger partial charge in [0.15, 0.2) is 5.69 Å². The van der Waals surface area contributed by atoms with Crippen LogP contribution in [0.1, 0.15) is 25.2 Å². The highest BCUT2D eigenvalue weighted by Gasteiger charge is 2.38. The number of carbonyl (C=O) groups excluding carboxylic acids is 1. The van der Waals surface area contributed by atoms with Crippen molar-refractivity contribution in [2.75, 3.05) is 31.1 Å². The highest BCUT2D eigenvalue weighted by atomic mass is 35.5. The van der Waals surface area contributed by atoms with Crippen molar-refractivity contribution in [1.29, 1.82) is 0 Å². The molecule has 0 spiro atoms. The van der Waals surface area contributed by atoms with Gasteiger partial charge >= 0.3 is 6.18 Å². The van der Waals surface area contributed by atoms with Gasteiger partial charge in [-0.05, 0) is 32.9 Å². The van der Waals surface area contributed by atoms with Gasteiger partial charge in [0.1, 0.15) is 12.0 Å². The zero-order valence-electron chi connectivity index (χ0n) is 18.0. The minimum Gasteiger partial charge on any atom is -0.489 e. The van der Waals surface area contributed by atoms with Crippen LogP contribution in [0.15, 0.2) is 18.2 Å². The number of aldehydes is 1. The van der Waals surface area contributed by atoms with Crippen LogP contribution in [0.25, 0.3) is 0 Å². The normalized spacial score (nSPS) is 16.5. The topological polar surface area (TPSA) is 50.6 Å². The summed E-state index contributed by atoms with van der Waals surface area (Å²) in [6, 6.07) is 4.98. The Hall–Kier alpha value is -1.97. The first kappa shape index (κ1) is 24.7. The van der Waals surface area contributed by atoms with Gasteiger partial charge in [-0.15, -0.1) is 0 Å². The highest BCUT2D eigenvalue weighted by molar-refractivity contribution is 6.32. The summed E-state index contributed by atoms with van der Waals surface area (Å²) in [5.74, 6) is 0.610. The second-order valence-corrected chi connectivity index (χ2v) is 8.72. The molecule has 176 valence electrons. The second kappa shape index (κ2) is 9.89. The Morgan fingerprint density at radius 2 is 1.84 bits per heavy atom. The molecule has 0 radical (unpaired) electrons. The van der Waals surface area contributed by atoms with E-state index in [9.17, 15) is 18.0 Å². The molecule has 1 aromatic heterocycles. The van der Waals surface area contributed by atoms with Gasteiger partial charge < -0.3 is 14.4 Å². The number of carbonyl (C=O) groups is 1. The van der Waals surface area contributed by atoms with Gasteiger partial charge in [0.25, 0.3) is 0 Å². The maximum atomic E-state index is 13.1. The van der Waals surface area contributed by atoms with Crippen molar-refractivity contribution in [2.45, 2.75) is 45.6 Å². The zero-order chi connectivity index (χ0) is 23.6. The van der Waals surface area contributed by atoms with Crippen LogP contribution in [0.4, 0.5) is 18.9 Å². The number of halogens is 5. The third-order valence-electron chi connectivity index (χ3n) is 5.34. The molecule has 1 unspecified atom stereocenters. The van der Waals surface area contributed by atoms with Crippen molar-refractivity contribution < 1.29 is 22.7 Å². The first-order valence-corrected chi connectivity index (χ1v) is 11.0. The monoisotopic (exact) mass is 492 g/mol. The fourth-order valence-corrected chi connectivity index (χ4v) is 4.05. The van der Waals surface area contributed by atoms with Crippen LogP contribution in [0.5, 0.6) is 5.75 Å². The minimum absolute atomic E-state index is 0.00153. The zero-order valence-corrected chi connectivity index (χ0v) is 19.5. The average Bonchev–Trinajstić information content (AvgIpc) is 3.02. The number of hydrogen-bond acceptors (Lipinski definition) is 5.